The standard InChI is InChI=1S/C11H13N3O3S/c1-8-6-10(17-14-8)7-13-18(15,16)11-4-2-9(12)3-5-11/h2-6,13H,7,12H2,1H3. The van der Waals surface area contributed by atoms with Gasteiger partial charge in [0.15, 0.2) is 5.76 Å². The van der Waals surface area contributed by atoms with Gasteiger partial charge in [0.1, 0.15) is 0 Å². The van der Waals surface area contributed by atoms with Crippen LogP contribution in [-0.4, -0.2) is 13.6 Å². The minimum absolute atomic E-state index is 0.0630. The smallest absolute Gasteiger partial charge is 0.240 e. The van der Waals surface area contributed by atoms with Crippen molar-refractivity contribution >= 4 is 15.7 Å². The largest absolute Gasteiger partial charge is 0.399 e. The van der Waals surface area contributed by atoms with Crippen molar-refractivity contribution in [1.82, 2.24) is 9.88 Å². The van der Waals surface area contributed by atoms with E-state index in [0.29, 0.717) is 17.1 Å². The Kier molecular flexibility index (Phi) is 3.35. The molecule has 7 heteroatoms. The second-order valence-corrected chi connectivity index (χ2v) is 5.60. The highest BCUT2D eigenvalue weighted by atomic mass is 32.2. The van der Waals surface area contributed by atoms with Gasteiger partial charge in [-0.3, -0.25) is 0 Å². The van der Waals surface area contributed by atoms with Gasteiger partial charge in [0.25, 0.3) is 0 Å². The van der Waals surface area contributed by atoms with Crippen molar-refractivity contribution in [2.45, 2.75) is 18.4 Å². The molecule has 0 saturated heterocycles. The Labute approximate surface area is 105 Å². The molecule has 0 bridgehead atoms. The summed E-state index contributed by atoms with van der Waals surface area (Å²) in [6, 6.07) is 7.64. The summed E-state index contributed by atoms with van der Waals surface area (Å²) in [4.78, 5) is 0.160. The number of nitrogens with one attached hydrogen (secondary N) is 1. The van der Waals surface area contributed by atoms with Crippen LogP contribution in [0.2, 0.25) is 0 Å². The second-order valence-electron chi connectivity index (χ2n) is 3.83. The third kappa shape index (κ3) is 2.88. The number of benzene rings is 1. The summed E-state index contributed by atoms with van der Waals surface area (Å²) in [5, 5.41) is 3.68. The number of nitrogen functional groups attached to an aromatic ring is 1. The number of aryl methyl sites for hydroxylation is 1. The molecule has 2 aromatic rings. The molecule has 0 spiro atoms. The van der Waals surface area contributed by atoms with E-state index in [2.05, 4.69) is 9.88 Å². The molecule has 3 N–H and O–H groups in total. The quantitative estimate of drug-likeness (QED) is 0.807. The normalized spacial score (nSPS) is 11.6. The van der Waals surface area contributed by atoms with E-state index in [-0.39, 0.29) is 11.4 Å². The Balaban J connectivity index is 2.10. The molecule has 96 valence electrons. The first kappa shape index (κ1) is 12.6. The van der Waals surface area contributed by atoms with Crippen LogP contribution >= 0.6 is 0 Å². The summed E-state index contributed by atoms with van der Waals surface area (Å²) >= 11 is 0. The summed E-state index contributed by atoms with van der Waals surface area (Å²) in [6.45, 7) is 1.83. The van der Waals surface area contributed by atoms with Gasteiger partial charge in [-0.25, -0.2) is 13.1 Å². The molecule has 18 heavy (non-hydrogen) atoms. The van der Waals surface area contributed by atoms with E-state index in [1.807, 2.05) is 0 Å². The lowest BCUT2D eigenvalue weighted by atomic mass is 10.3. The first-order valence-electron chi connectivity index (χ1n) is 5.25. The molecule has 1 aromatic carbocycles. The Morgan fingerprint density at radius 2 is 2.00 bits per heavy atom. The zero-order valence-electron chi connectivity index (χ0n) is 9.75. The number of nitrogens with zero attached hydrogens (tertiary/aromatic N) is 1. The molecule has 0 fully saturated rings. The summed E-state index contributed by atoms with van der Waals surface area (Å²) in [5.41, 5.74) is 6.72. The fourth-order valence-corrected chi connectivity index (χ4v) is 2.39. The van der Waals surface area contributed by atoms with Crippen molar-refractivity contribution in [2.75, 3.05) is 5.73 Å². The second kappa shape index (κ2) is 4.79. The van der Waals surface area contributed by atoms with Crippen molar-refractivity contribution in [3.63, 3.8) is 0 Å². The summed E-state index contributed by atoms with van der Waals surface area (Å²) in [6.07, 6.45) is 0. The lowest BCUT2D eigenvalue weighted by molar-refractivity contribution is 0.377. The number of sulfonamides is 1. The van der Waals surface area contributed by atoms with E-state index >= 15 is 0 Å². The van der Waals surface area contributed by atoms with E-state index in [4.69, 9.17) is 10.3 Å². The molecule has 0 radical (unpaired) electrons. The number of hydrogen-bond donors (Lipinski definition) is 2. The molecule has 0 saturated carbocycles. The fraction of sp³-hybridized carbons (Fsp3) is 0.182. The van der Waals surface area contributed by atoms with E-state index < -0.39 is 10.0 Å². The maximum Gasteiger partial charge on any atom is 0.240 e. The monoisotopic (exact) mass is 267 g/mol. The molecule has 0 amide bonds. The number of nitrogens with two attached hydrogens (primary N) is 1. The summed E-state index contributed by atoms with van der Waals surface area (Å²) in [5.74, 6) is 0.464. The van der Waals surface area contributed by atoms with Crippen LogP contribution in [0.4, 0.5) is 5.69 Å². The van der Waals surface area contributed by atoms with E-state index in [0.717, 1.165) is 0 Å². The van der Waals surface area contributed by atoms with Gasteiger partial charge in [0.05, 0.1) is 17.1 Å². The predicted octanol–water partition coefficient (Wildman–Crippen LogP) is 1.04. The van der Waals surface area contributed by atoms with E-state index in [1.54, 1.807) is 13.0 Å². The van der Waals surface area contributed by atoms with E-state index in [9.17, 15) is 8.42 Å². The third-order valence-corrected chi connectivity index (χ3v) is 3.72. The molecule has 1 aromatic heterocycles. The highest BCUT2D eigenvalue weighted by Gasteiger charge is 2.14. The Morgan fingerprint density at radius 3 is 2.56 bits per heavy atom. The molecule has 0 atom stereocenters. The molecule has 0 aliphatic rings. The van der Waals surface area contributed by atoms with Crippen molar-refractivity contribution in [1.29, 1.82) is 0 Å². The van der Waals surface area contributed by atoms with Crippen molar-refractivity contribution in [3.8, 4) is 0 Å². The minimum atomic E-state index is -3.56. The van der Waals surface area contributed by atoms with Crippen LogP contribution in [0.3, 0.4) is 0 Å². The molecule has 1 heterocycles. The average Bonchev–Trinajstić information content (AvgIpc) is 2.73. The van der Waals surface area contributed by atoms with Gasteiger partial charge in [-0.2, -0.15) is 0 Å². The SMILES string of the molecule is Cc1cc(CNS(=O)(=O)c2ccc(N)cc2)on1. The fourth-order valence-electron chi connectivity index (χ4n) is 1.40. The van der Waals surface area contributed by atoms with Gasteiger partial charge in [-0.05, 0) is 31.2 Å². The molecule has 2 rings (SSSR count). The van der Waals surface area contributed by atoms with Crippen LogP contribution in [0.25, 0.3) is 0 Å². The molecular formula is C11H13N3O3S. The van der Waals surface area contributed by atoms with Crippen LogP contribution in [0.1, 0.15) is 11.5 Å². The Hall–Kier alpha value is -1.86. The van der Waals surface area contributed by atoms with Crippen LogP contribution in [0.15, 0.2) is 39.8 Å². The number of hydrogen-bond acceptors (Lipinski definition) is 5. The van der Waals surface area contributed by atoms with Crippen molar-refractivity contribution in [3.05, 3.63) is 41.8 Å². The maximum atomic E-state index is 11.9. The number of anilines is 1. The molecular weight excluding hydrogens is 254 g/mol. The topological polar surface area (TPSA) is 98.2 Å². The van der Waals surface area contributed by atoms with Crippen LogP contribution < -0.4 is 10.5 Å². The van der Waals surface area contributed by atoms with Gasteiger partial charge in [0, 0.05) is 11.8 Å². The first-order chi connectivity index (χ1) is 8.47. The van der Waals surface area contributed by atoms with E-state index in [1.165, 1.54) is 24.3 Å². The van der Waals surface area contributed by atoms with Gasteiger partial charge in [-0.15, -0.1) is 0 Å². The van der Waals surface area contributed by atoms with Crippen LogP contribution in [-0.2, 0) is 16.6 Å². The predicted molar refractivity (Wildman–Crippen MR) is 66.1 cm³/mol. The Bertz CT molecular complexity index is 632. The van der Waals surface area contributed by atoms with Gasteiger partial charge >= 0.3 is 0 Å². The summed E-state index contributed by atoms with van der Waals surface area (Å²) < 4.78 is 31.2. The zero-order valence-corrected chi connectivity index (χ0v) is 10.6. The van der Waals surface area contributed by atoms with Gasteiger partial charge in [-0.1, -0.05) is 5.16 Å². The minimum Gasteiger partial charge on any atom is -0.399 e. The first-order valence-corrected chi connectivity index (χ1v) is 6.73. The van der Waals surface area contributed by atoms with Gasteiger partial charge in [0.2, 0.25) is 10.0 Å². The maximum absolute atomic E-state index is 11.9. The summed E-state index contributed by atoms with van der Waals surface area (Å²) in [7, 11) is -3.56. The highest BCUT2D eigenvalue weighted by Crippen LogP contribution is 2.12. The Morgan fingerprint density at radius 1 is 1.33 bits per heavy atom. The third-order valence-electron chi connectivity index (χ3n) is 2.30. The van der Waals surface area contributed by atoms with Crippen molar-refractivity contribution in [2.24, 2.45) is 0 Å². The number of aromatic nitrogens is 1. The molecule has 6 nitrogen and oxygen atoms in total. The highest BCUT2D eigenvalue weighted by molar-refractivity contribution is 7.89. The molecule has 0 aliphatic carbocycles. The average molecular weight is 267 g/mol. The van der Waals surface area contributed by atoms with Gasteiger partial charge < -0.3 is 10.3 Å². The van der Waals surface area contributed by atoms with Crippen LogP contribution in [0.5, 0.6) is 0 Å². The molecule has 0 unspecified atom stereocenters. The zero-order chi connectivity index (χ0) is 13.2. The molecule has 0 aliphatic heterocycles. The van der Waals surface area contributed by atoms with Crippen molar-refractivity contribution < 1.29 is 12.9 Å². The lowest BCUT2D eigenvalue weighted by Crippen LogP contribution is -2.22. The number of rotatable bonds is 4. The van der Waals surface area contributed by atoms with Crippen LogP contribution in [0, 0.1) is 6.92 Å². The lowest BCUT2D eigenvalue weighted by Gasteiger charge is -2.04.